The Kier molecular flexibility index (Phi) is 3.02. The summed E-state index contributed by atoms with van der Waals surface area (Å²) in [5.74, 6) is 0.647. The van der Waals surface area contributed by atoms with Crippen LogP contribution in [0.2, 0.25) is 0 Å². The van der Waals surface area contributed by atoms with Gasteiger partial charge < -0.3 is 5.32 Å². The Morgan fingerprint density at radius 1 is 1.35 bits per heavy atom. The zero-order chi connectivity index (χ0) is 14.5. The van der Waals surface area contributed by atoms with Gasteiger partial charge in [0.2, 0.25) is 4.96 Å². The van der Waals surface area contributed by atoms with Gasteiger partial charge in [-0.15, -0.1) is 10.2 Å². The van der Waals surface area contributed by atoms with Gasteiger partial charge in [-0.05, 0) is 13.0 Å². The molecule has 1 N–H and O–H groups in total. The first kappa shape index (κ1) is 13.7. The number of nitrogens with zero attached hydrogens (tertiary/aromatic N) is 4. The monoisotopic (exact) mass is 305 g/mol. The summed E-state index contributed by atoms with van der Waals surface area (Å²) in [5.41, 5.74) is -1.90. The molecular formula is C11H14F3N5S. The molecule has 0 aromatic carbocycles. The van der Waals surface area contributed by atoms with E-state index in [2.05, 4.69) is 20.6 Å². The molecule has 0 spiro atoms. The van der Waals surface area contributed by atoms with Crippen LogP contribution in [0.1, 0.15) is 37.0 Å². The average Bonchev–Trinajstić information content (AvgIpc) is 3.01. The van der Waals surface area contributed by atoms with Gasteiger partial charge in [-0.25, -0.2) is 0 Å². The van der Waals surface area contributed by atoms with Crippen molar-refractivity contribution >= 4 is 16.3 Å². The molecular weight excluding hydrogens is 291 g/mol. The van der Waals surface area contributed by atoms with E-state index in [0.717, 1.165) is 11.3 Å². The highest BCUT2D eigenvalue weighted by atomic mass is 32.1. The molecule has 1 unspecified atom stereocenters. The number of halogens is 3. The van der Waals surface area contributed by atoms with Crippen LogP contribution in [0, 0.1) is 0 Å². The average molecular weight is 305 g/mol. The maximum atomic E-state index is 13.5. The van der Waals surface area contributed by atoms with E-state index in [-0.39, 0.29) is 23.9 Å². The third kappa shape index (κ3) is 1.83. The molecule has 3 rings (SSSR count). The van der Waals surface area contributed by atoms with Crippen molar-refractivity contribution < 1.29 is 13.2 Å². The Labute approximate surface area is 117 Å². The predicted octanol–water partition coefficient (Wildman–Crippen LogP) is 2.10. The number of rotatable bonds is 2. The van der Waals surface area contributed by atoms with Crippen molar-refractivity contribution in [3.8, 4) is 0 Å². The second-order valence-electron chi connectivity index (χ2n) is 5.32. The highest BCUT2D eigenvalue weighted by Gasteiger charge is 2.59. The molecule has 2 aromatic heterocycles. The molecule has 2 aromatic rings. The fourth-order valence-corrected chi connectivity index (χ4v) is 3.51. The number of fused-ring (bicyclic) bond motifs is 1. The standard InChI is InChI=1S/C11H14F3N5S/c1-6(2)7-16-17-9-19(7)18-8(20-9)10(11(12,13)14)3-4-15-5-10/h6,15H,3-5H2,1-2H3. The van der Waals surface area contributed by atoms with Gasteiger partial charge in [0.15, 0.2) is 5.82 Å². The van der Waals surface area contributed by atoms with Crippen molar-refractivity contribution in [1.82, 2.24) is 25.1 Å². The number of hydrogen-bond acceptors (Lipinski definition) is 5. The largest absolute Gasteiger partial charge is 0.402 e. The molecule has 5 nitrogen and oxygen atoms in total. The third-order valence-electron chi connectivity index (χ3n) is 3.64. The summed E-state index contributed by atoms with van der Waals surface area (Å²) in [6, 6.07) is 0. The van der Waals surface area contributed by atoms with Gasteiger partial charge in [0.25, 0.3) is 0 Å². The maximum Gasteiger partial charge on any atom is 0.402 e. The SMILES string of the molecule is CC(C)c1nnc2sc(C3(C(F)(F)F)CCNC3)nn12. The van der Waals surface area contributed by atoms with E-state index < -0.39 is 11.6 Å². The van der Waals surface area contributed by atoms with E-state index in [4.69, 9.17) is 0 Å². The smallest absolute Gasteiger partial charge is 0.315 e. The van der Waals surface area contributed by atoms with Crippen molar-refractivity contribution in [2.24, 2.45) is 0 Å². The number of alkyl halides is 3. The fraction of sp³-hybridized carbons (Fsp3) is 0.727. The Morgan fingerprint density at radius 2 is 2.10 bits per heavy atom. The van der Waals surface area contributed by atoms with Crippen LogP contribution in [-0.4, -0.2) is 39.1 Å². The number of nitrogens with one attached hydrogen (secondary N) is 1. The molecule has 1 fully saturated rings. The molecule has 20 heavy (non-hydrogen) atoms. The minimum Gasteiger partial charge on any atom is -0.315 e. The molecule has 0 amide bonds. The van der Waals surface area contributed by atoms with E-state index in [1.165, 1.54) is 4.52 Å². The van der Waals surface area contributed by atoms with E-state index in [0.29, 0.717) is 17.3 Å². The van der Waals surface area contributed by atoms with Crippen LogP contribution in [-0.2, 0) is 5.41 Å². The minimum atomic E-state index is -4.32. The highest BCUT2D eigenvalue weighted by Crippen LogP contribution is 2.46. The number of hydrogen-bond donors (Lipinski definition) is 1. The van der Waals surface area contributed by atoms with Gasteiger partial charge in [-0.1, -0.05) is 25.2 Å². The van der Waals surface area contributed by atoms with Crippen molar-refractivity contribution in [1.29, 1.82) is 0 Å². The normalized spacial score (nSPS) is 24.1. The van der Waals surface area contributed by atoms with Gasteiger partial charge in [0.05, 0.1) is 0 Å². The molecule has 9 heteroatoms. The molecule has 0 radical (unpaired) electrons. The Bertz CT molecular complexity index is 624. The molecule has 1 saturated heterocycles. The van der Waals surface area contributed by atoms with Gasteiger partial charge >= 0.3 is 6.18 Å². The summed E-state index contributed by atoms with van der Waals surface area (Å²) in [4.78, 5) is 0.416. The first-order valence-electron chi connectivity index (χ1n) is 6.35. The molecule has 1 atom stereocenters. The lowest BCUT2D eigenvalue weighted by atomic mass is 9.87. The molecule has 0 bridgehead atoms. The molecule has 1 aliphatic rings. The Morgan fingerprint density at radius 3 is 2.65 bits per heavy atom. The Hall–Kier alpha value is -1.22. The quantitative estimate of drug-likeness (QED) is 0.923. The van der Waals surface area contributed by atoms with Gasteiger partial charge in [-0.3, -0.25) is 0 Å². The van der Waals surface area contributed by atoms with Crippen LogP contribution < -0.4 is 5.32 Å². The topological polar surface area (TPSA) is 55.1 Å². The highest BCUT2D eigenvalue weighted by molar-refractivity contribution is 7.16. The van der Waals surface area contributed by atoms with Crippen molar-refractivity contribution in [3.63, 3.8) is 0 Å². The van der Waals surface area contributed by atoms with Crippen LogP contribution in [0.25, 0.3) is 4.96 Å². The van der Waals surface area contributed by atoms with Crippen LogP contribution in [0.4, 0.5) is 13.2 Å². The van der Waals surface area contributed by atoms with E-state index in [9.17, 15) is 13.2 Å². The van der Waals surface area contributed by atoms with Crippen molar-refractivity contribution in [2.45, 2.75) is 37.8 Å². The zero-order valence-electron chi connectivity index (χ0n) is 11.0. The minimum absolute atomic E-state index is 0.0115. The summed E-state index contributed by atoms with van der Waals surface area (Å²) in [5, 5.41) is 14.9. The zero-order valence-corrected chi connectivity index (χ0v) is 11.8. The van der Waals surface area contributed by atoms with Crippen LogP contribution >= 0.6 is 11.3 Å². The van der Waals surface area contributed by atoms with Crippen molar-refractivity contribution in [3.05, 3.63) is 10.8 Å². The van der Waals surface area contributed by atoms with Crippen LogP contribution in [0.15, 0.2) is 0 Å². The molecule has 110 valence electrons. The maximum absolute atomic E-state index is 13.5. The fourth-order valence-electron chi connectivity index (χ4n) is 2.42. The molecule has 0 saturated carbocycles. The second kappa shape index (κ2) is 4.39. The summed E-state index contributed by atoms with van der Waals surface area (Å²) < 4.78 is 41.9. The lowest BCUT2D eigenvalue weighted by molar-refractivity contribution is -0.185. The predicted molar refractivity (Wildman–Crippen MR) is 68.0 cm³/mol. The lowest BCUT2D eigenvalue weighted by Crippen LogP contribution is -2.44. The van der Waals surface area contributed by atoms with E-state index in [1.807, 2.05) is 13.8 Å². The summed E-state index contributed by atoms with van der Waals surface area (Å²) in [7, 11) is 0. The molecule has 0 aliphatic carbocycles. The van der Waals surface area contributed by atoms with Gasteiger partial charge in [0.1, 0.15) is 10.4 Å². The van der Waals surface area contributed by atoms with E-state index >= 15 is 0 Å². The van der Waals surface area contributed by atoms with Crippen molar-refractivity contribution in [2.75, 3.05) is 13.1 Å². The van der Waals surface area contributed by atoms with Crippen LogP contribution in [0.5, 0.6) is 0 Å². The lowest BCUT2D eigenvalue weighted by Gasteiger charge is -2.27. The second-order valence-corrected chi connectivity index (χ2v) is 6.28. The first-order valence-corrected chi connectivity index (χ1v) is 7.17. The van der Waals surface area contributed by atoms with E-state index in [1.54, 1.807) is 0 Å². The third-order valence-corrected chi connectivity index (χ3v) is 4.74. The van der Waals surface area contributed by atoms with Gasteiger partial charge in [-0.2, -0.15) is 22.8 Å². The van der Waals surface area contributed by atoms with Crippen LogP contribution in [0.3, 0.4) is 0 Å². The summed E-state index contributed by atoms with van der Waals surface area (Å²) in [6.07, 6.45) is -4.31. The van der Waals surface area contributed by atoms with Gasteiger partial charge in [0, 0.05) is 12.5 Å². The summed E-state index contributed by atoms with van der Waals surface area (Å²) >= 11 is 0.977. The Balaban J connectivity index is 2.13. The summed E-state index contributed by atoms with van der Waals surface area (Å²) in [6.45, 7) is 4.03. The first-order chi connectivity index (χ1) is 9.35. The molecule has 3 heterocycles. The molecule has 1 aliphatic heterocycles. The number of aromatic nitrogens is 4.